The highest BCUT2D eigenvalue weighted by molar-refractivity contribution is 6.30. The fourth-order valence-electron chi connectivity index (χ4n) is 4.05. The number of aryl methyl sites for hydroxylation is 1. The van der Waals surface area contributed by atoms with Crippen LogP contribution in [0.25, 0.3) is 27.8 Å². The van der Waals surface area contributed by atoms with Crippen LogP contribution in [0.5, 0.6) is 0 Å². The normalized spacial score (nSPS) is 13.7. The second kappa shape index (κ2) is 5.94. The summed E-state index contributed by atoms with van der Waals surface area (Å²) in [4.78, 5) is 17.7. The van der Waals surface area contributed by atoms with Gasteiger partial charge in [0.25, 0.3) is 0 Å². The van der Waals surface area contributed by atoms with Crippen LogP contribution in [0.4, 0.5) is 0 Å². The SMILES string of the molecule is N#Cc1c(-c2ccc(Cl)cc2)c2c(n3c1nc1ccccc13)CCCC2=O. The average Bonchev–Trinajstić information content (AvgIpc) is 3.07. The molecule has 4 aromatic rings. The number of nitriles is 1. The Morgan fingerprint density at radius 2 is 1.81 bits per heavy atom. The molecular weight excluding hydrogens is 358 g/mol. The van der Waals surface area contributed by atoms with Crippen molar-refractivity contribution in [1.82, 2.24) is 9.38 Å². The molecule has 0 atom stereocenters. The van der Waals surface area contributed by atoms with Crippen molar-refractivity contribution in [3.8, 4) is 17.2 Å². The number of halogens is 1. The minimum absolute atomic E-state index is 0.0809. The molecule has 1 aliphatic rings. The third-order valence-corrected chi connectivity index (χ3v) is 5.44. The van der Waals surface area contributed by atoms with Crippen LogP contribution in [0, 0.1) is 11.3 Å². The molecule has 0 saturated heterocycles. The third-order valence-electron chi connectivity index (χ3n) is 5.18. The molecule has 0 radical (unpaired) electrons. The molecule has 1 aliphatic carbocycles. The summed E-state index contributed by atoms with van der Waals surface area (Å²) in [5, 5.41) is 10.6. The Balaban J connectivity index is 2.02. The van der Waals surface area contributed by atoms with E-state index in [0.717, 1.165) is 35.1 Å². The molecule has 2 heterocycles. The van der Waals surface area contributed by atoms with Gasteiger partial charge in [0.05, 0.1) is 11.0 Å². The lowest BCUT2D eigenvalue weighted by Gasteiger charge is -2.22. The van der Waals surface area contributed by atoms with Crippen LogP contribution in [0.15, 0.2) is 48.5 Å². The van der Waals surface area contributed by atoms with Gasteiger partial charge in [0.1, 0.15) is 11.6 Å². The van der Waals surface area contributed by atoms with Crippen LogP contribution in [-0.4, -0.2) is 15.2 Å². The fraction of sp³-hybridized carbons (Fsp3) is 0.136. The Labute approximate surface area is 160 Å². The molecule has 130 valence electrons. The Morgan fingerprint density at radius 1 is 1.04 bits per heavy atom. The number of Topliss-reactive ketones (excluding diaryl/α,β-unsaturated/α-hetero) is 1. The molecule has 27 heavy (non-hydrogen) atoms. The topological polar surface area (TPSA) is 58.2 Å². The summed E-state index contributed by atoms with van der Waals surface area (Å²) in [7, 11) is 0. The molecule has 0 aliphatic heterocycles. The molecule has 0 N–H and O–H groups in total. The van der Waals surface area contributed by atoms with Gasteiger partial charge in [-0.25, -0.2) is 4.98 Å². The molecule has 0 amide bonds. The van der Waals surface area contributed by atoms with Crippen molar-refractivity contribution in [3.05, 3.63) is 70.4 Å². The van der Waals surface area contributed by atoms with Crippen LogP contribution in [0.2, 0.25) is 5.02 Å². The van der Waals surface area contributed by atoms with Gasteiger partial charge >= 0.3 is 0 Å². The number of fused-ring (bicyclic) bond motifs is 5. The van der Waals surface area contributed by atoms with Crippen LogP contribution in [-0.2, 0) is 6.42 Å². The molecule has 2 aromatic heterocycles. The van der Waals surface area contributed by atoms with E-state index >= 15 is 0 Å². The van der Waals surface area contributed by atoms with Crippen molar-refractivity contribution < 1.29 is 4.79 Å². The highest BCUT2D eigenvalue weighted by atomic mass is 35.5. The number of rotatable bonds is 1. The van der Waals surface area contributed by atoms with Crippen molar-refractivity contribution in [2.45, 2.75) is 19.3 Å². The number of pyridine rings is 1. The number of hydrogen-bond donors (Lipinski definition) is 0. The van der Waals surface area contributed by atoms with Crippen LogP contribution in [0.1, 0.15) is 34.5 Å². The molecule has 5 heteroatoms. The number of carbonyl (C=O) groups excluding carboxylic acids is 1. The molecule has 0 bridgehead atoms. The summed E-state index contributed by atoms with van der Waals surface area (Å²) >= 11 is 6.04. The molecule has 0 unspecified atom stereocenters. The van der Waals surface area contributed by atoms with Crippen LogP contribution in [0.3, 0.4) is 0 Å². The maximum Gasteiger partial charge on any atom is 0.165 e. The molecule has 0 spiro atoms. The number of para-hydroxylation sites is 2. The quantitative estimate of drug-likeness (QED) is 0.462. The molecule has 4 nitrogen and oxygen atoms in total. The summed E-state index contributed by atoms with van der Waals surface area (Å²) in [5.41, 5.74) is 5.88. The van der Waals surface area contributed by atoms with Crippen molar-refractivity contribution in [3.63, 3.8) is 0 Å². The molecule has 5 rings (SSSR count). The van der Waals surface area contributed by atoms with E-state index in [1.54, 1.807) is 12.1 Å². The second-order valence-electron chi connectivity index (χ2n) is 6.73. The van der Waals surface area contributed by atoms with Crippen molar-refractivity contribution >= 4 is 34.1 Å². The van der Waals surface area contributed by atoms with Gasteiger partial charge in [0, 0.05) is 28.3 Å². The third kappa shape index (κ3) is 2.29. The number of hydrogen-bond acceptors (Lipinski definition) is 3. The predicted molar refractivity (Wildman–Crippen MR) is 105 cm³/mol. The molecular formula is C22H14ClN3O. The van der Waals surface area contributed by atoms with Crippen molar-refractivity contribution in [2.24, 2.45) is 0 Å². The molecule has 2 aromatic carbocycles. The smallest absolute Gasteiger partial charge is 0.165 e. The van der Waals surface area contributed by atoms with E-state index < -0.39 is 0 Å². The summed E-state index contributed by atoms with van der Waals surface area (Å²) < 4.78 is 2.00. The second-order valence-corrected chi connectivity index (χ2v) is 7.16. The zero-order valence-corrected chi connectivity index (χ0v) is 15.1. The summed E-state index contributed by atoms with van der Waals surface area (Å²) in [6, 6.07) is 17.4. The maximum atomic E-state index is 12.9. The Bertz CT molecular complexity index is 1280. The minimum Gasteiger partial charge on any atom is -0.295 e. The van der Waals surface area contributed by atoms with Crippen molar-refractivity contribution in [1.29, 1.82) is 5.26 Å². The van der Waals surface area contributed by atoms with Gasteiger partial charge in [-0.3, -0.25) is 9.20 Å². The van der Waals surface area contributed by atoms with Gasteiger partial charge in [-0.05, 0) is 42.7 Å². The number of aromatic nitrogens is 2. The lowest BCUT2D eigenvalue weighted by Crippen LogP contribution is -2.18. The summed E-state index contributed by atoms with van der Waals surface area (Å²) in [6.45, 7) is 0. The Hall–Kier alpha value is -3.16. The van der Waals surface area contributed by atoms with Gasteiger partial charge in [0.15, 0.2) is 11.4 Å². The van der Waals surface area contributed by atoms with E-state index in [4.69, 9.17) is 16.6 Å². The van der Waals surface area contributed by atoms with E-state index in [2.05, 4.69) is 6.07 Å². The number of benzene rings is 2. The average molecular weight is 372 g/mol. The van der Waals surface area contributed by atoms with Crippen LogP contribution >= 0.6 is 11.6 Å². The zero-order chi connectivity index (χ0) is 18.5. The zero-order valence-electron chi connectivity index (χ0n) is 14.4. The fourth-order valence-corrected chi connectivity index (χ4v) is 4.18. The predicted octanol–water partition coefficient (Wildman–Crippen LogP) is 5.20. The Morgan fingerprint density at radius 3 is 2.59 bits per heavy atom. The van der Waals surface area contributed by atoms with E-state index in [9.17, 15) is 10.1 Å². The first-order valence-corrected chi connectivity index (χ1v) is 9.22. The van der Waals surface area contributed by atoms with Crippen molar-refractivity contribution in [2.75, 3.05) is 0 Å². The lowest BCUT2D eigenvalue weighted by atomic mass is 9.85. The first kappa shape index (κ1) is 16.0. The van der Waals surface area contributed by atoms with E-state index in [1.165, 1.54) is 0 Å². The van der Waals surface area contributed by atoms with E-state index in [0.29, 0.717) is 33.8 Å². The minimum atomic E-state index is 0.0809. The van der Waals surface area contributed by atoms with Gasteiger partial charge in [-0.2, -0.15) is 5.26 Å². The number of nitrogens with zero attached hydrogens (tertiary/aromatic N) is 3. The molecule has 0 saturated carbocycles. The van der Waals surface area contributed by atoms with Gasteiger partial charge < -0.3 is 0 Å². The standard InChI is InChI=1S/C22H14ClN3O/c23-14-10-8-13(9-11-14)20-15(12-24)22-25-16-4-1-2-5-17(16)26(22)18-6-3-7-19(27)21(18)20/h1-2,4-5,8-11H,3,6-7H2. The van der Waals surface area contributed by atoms with Gasteiger partial charge in [0.2, 0.25) is 0 Å². The van der Waals surface area contributed by atoms with Gasteiger partial charge in [-0.15, -0.1) is 0 Å². The molecule has 0 fully saturated rings. The van der Waals surface area contributed by atoms with Crippen LogP contribution < -0.4 is 0 Å². The lowest BCUT2D eigenvalue weighted by molar-refractivity contribution is 0.0972. The largest absolute Gasteiger partial charge is 0.295 e. The first-order valence-electron chi connectivity index (χ1n) is 8.84. The number of ketones is 1. The van der Waals surface area contributed by atoms with E-state index in [1.807, 2.05) is 40.8 Å². The number of imidazole rings is 1. The van der Waals surface area contributed by atoms with Gasteiger partial charge in [-0.1, -0.05) is 35.9 Å². The highest BCUT2D eigenvalue weighted by Crippen LogP contribution is 2.38. The number of carbonyl (C=O) groups is 1. The summed E-state index contributed by atoms with van der Waals surface area (Å²) in [5.74, 6) is 0.0809. The first-order chi connectivity index (χ1) is 13.2. The Kier molecular flexibility index (Phi) is 3.53. The maximum absolute atomic E-state index is 12.9. The highest BCUT2D eigenvalue weighted by Gasteiger charge is 2.29. The monoisotopic (exact) mass is 371 g/mol. The summed E-state index contributed by atoms with van der Waals surface area (Å²) in [6.07, 6.45) is 2.08. The van der Waals surface area contributed by atoms with E-state index in [-0.39, 0.29) is 5.78 Å².